The number of carbonyl (C=O) groups is 1. The minimum Gasteiger partial charge on any atom is -0.312 e. The third-order valence-electron chi connectivity index (χ3n) is 4.12. The van der Waals surface area contributed by atoms with Crippen molar-refractivity contribution in [1.29, 1.82) is 0 Å². The molecule has 0 bridgehead atoms. The number of aromatic nitrogens is 1. The van der Waals surface area contributed by atoms with Crippen molar-refractivity contribution in [3.05, 3.63) is 45.9 Å². The van der Waals surface area contributed by atoms with Gasteiger partial charge in [-0.3, -0.25) is 4.79 Å². The van der Waals surface area contributed by atoms with Gasteiger partial charge in [0.25, 0.3) is 0 Å². The lowest BCUT2D eigenvalue weighted by molar-refractivity contribution is -0.117. The normalized spacial score (nSPS) is 15.3. The second-order valence-corrected chi connectivity index (χ2v) is 8.17. The van der Waals surface area contributed by atoms with Gasteiger partial charge in [-0.1, -0.05) is 32.9 Å². The molecule has 0 saturated carbocycles. The minimum atomic E-state index is 0.111. The summed E-state index contributed by atoms with van der Waals surface area (Å²) in [5.74, 6) is 0.234. The van der Waals surface area contributed by atoms with Crippen molar-refractivity contribution in [1.82, 2.24) is 10.3 Å². The Bertz CT molecular complexity index is 717. The molecule has 1 saturated heterocycles. The highest BCUT2D eigenvalue weighted by molar-refractivity contribution is 7.09. The van der Waals surface area contributed by atoms with E-state index in [2.05, 4.69) is 43.6 Å². The molecule has 4 nitrogen and oxygen atoms in total. The number of nitrogens with zero attached hydrogens (tertiary/aromatic N) is 2. The maximum atomic E-state index is 11.9. The first-order valence-corrected chi connectivity index (χ1v) is 9.36. The molecule has 2 aromatic rings. The van der Waals surface area contributed by atoms with Gasteiger partial charge in [0.2, 0.25) is 5.91 Å². The summed E-state index contributed by atoms with van der Waals surface area (Å²) in [5.41, 5.74) is 3.41. The molecule has 128 valence electrons. The molecule has 0 spiro atoms. The van der Waals surface area contributed by atoms with Crippen molar-refractivity contribution < 1.29 is 4.79 Å². The number of anilines is 1. The van der Waals surface area contributed by atoms with Gasteiger partial charge in [0, 0.05) is 42.5 Å². The molecular weight excluding hydrogens is 318 g/mol. The summed E-state index contributed by atoms with van der Waals surface area (Å²) in [4.78, 5) is 18.5. The molecule has 3 rings (SSSR count). The molecule has 0 radical (unpaired) electrons. The number of amides is 1. The standard InChI is InChI=1S/C19H25N3OS/c1-19(2,3)18-21-15(13-24-18)12-20-11-14-6-4-7-16(10-14)22-9-5-8-17(22)23/h4,6-7,10,13,20H,5,8-9,11-12H2,1-3H3. The zero-order valence-corrected chi connectivity index (χ0v) is 15.4. The molecule has 1 fully saturated rings. The molecule has 1 N–H and O–H groups in total. The van der Waals surface area contributed by atoms with Gasteiger partial charge >= 0.3 is 0 Å². The highest BCUT2D eigenvalue weighted by Gasteiger charge is 2.21. The monoisotopic (exact) mass is 343 g/mol. The van der Waals surface area contributed by atoms with E-state index in [-0.39, 0.29) is 11.3 Å². The van der Waals surface area contributed by atoms with Crippen molar-refractivity contribution in [2.45, 2.75) is 52.1 Å². The largest absolute Gasteiger partial charge is 0.312 e. The van der Waals surface area contributed by atoms with Crippen LogP contribution in [0.2, 0.25) is 0 Å². The topological polar surface area (TPSA) is 45.2 Å². The Morgan fingerprint density at radius 2 is 2.12 bits per heavy atom. The van der Waals surface area contributed by atoms with Crippen molar-refractivity contribution in [2.75, 3.05) is 11.4 Å². The number of carbonyl (C=O) groups excluding carboxylic acids is 1. The zero-order chi connectivity index (χ0) is 17.2. The average Bonchev–Trinajstić information content (AvgIpc) is 3.16. The Balaban J connectivity index is 1.57. The molecule has 1 amide bonds. The zero-order valence-electron chi connectivity index (χ0n) is 14.6. The summed E-state index contributed by atoms with van der Waals surface area (Å²) in [6, 6.07) is 8.25. The van der Waals surface area contributed by atoms with Gasteiger partial charge in [0.1, 0.15) is 0 Å². The maximum Gasteiger partial charge on any atom is 0.227 e. The summed E-state index contributed by atoms with van der Waals surface area (Å²) in [6.45, 7) is 8.94. The third-order valence-corrected chi connectivity index (χ3v) is 5.44. The SMILES string of the molecule is CC(C)(C)c1nc(CNCc2cccc(N3CCCC3=O)c2)cs1. The molecule has 0 aliphatic carbocycles. The Labute approximate surface area is 147 Å². The van der Waals surface area contributed by atoms with Gasteiger partial charge in [-0.2, -0.15) is 0 Å². The second-order valence-electron chi connectivity index (χ2n) is 7.32. The van der Waals surface area contributed by atoms with Crippen LogP contribution in [-0.2, 0) is 23.3 Å². The van der Waals surface area contributed by atoms with E-state index in [0.717, 1.165) is 37.4 Å². The third kappa shape index (κ3) is 4.02. The number of thiazole rings is 1. The predicted molar refractivity (Wildman–Crippen MR) is 99.4 cm³/mol. The lowest BCUT2D eigenvalue weighted by Crippen LogP contribution is -2.23. The van der Waals surface area contributed by atoms with Crippen molar-refractivity contribution >= 4 is 22.9 Å². The minimum absolute atomic E-state index is 0.111. The van der Waals surface area contributed by atoms with E-state index in [4.69, 9.17) is 4.98 Å². The molecule has 24 heavy (non-hydrogen) atoms. The number of nitrogens with one attached hydrogen (secondary N) is 1. The van der Waals surface area contributed by atoms with E-state index >= 15 is 0 Å². The fourth-order valence-corrected chi connectivity index (χ4v) is 3.73. The fourth-order valence-electron chi connectivity index (χ4n) is 2.82. The Morgan fingerprint density at radius 3 is 2.79 bits per heavy atom. The van der Waals surface area contributed by atoms with Crippen LogP contribution in [0.4, 0.5) is 5.69 Å². The Hall–Kier alpha value is -1.72. The summed E-state index contributed by atoms with van der Waals surface area (Å²) >= 11 is 1.73. The molecule has 2 heterocycles. The van der Waals surface area contributed by atoms with Crippen LogP contribution in [0.15, 0.2) is 29.6 Å². The van der Waals surface area contributed by atoms with Crippen LogP contribution in [-0.4, -0.2) is 17.4 Å². The molecule has 0 atom stereocenters. The van der Waals surface area contributed by atoms with E-state index in [0.29, 0.717) is 6.42 Å². The second kappa shape index (κ2) is 7.03. The van der Waals surface area contributed by atoms with Crippen molar-refractivity contribution in [3.8, 4) is 0 Å². The molecular formula is C19H25N3OS. The summed E-state index contributed by atoms with van der Waals surface area (Å²) in [5, 5.41) is 6.76. The van der Waals surface area contributed by atoms with E-state index in [9.17, 15) is 4.79 Å². The highest BCUT2D eigenvalue weighted by Crippen LogP contribution is 2.25. The van der Waals surface area contributed by atoms with E-state index in [1.165, 1.54) is 10.6 Å². The van der Waals surface area contributed by atoms with Crippen LogP contribution >= 0.6 is 11.3 Å². The van der Waals surface area contributed by atoms with E-state index in [1.807, 2.05) is 17.0 Å². The number of hydrogen-bond acceptors (Lipinski definition) is 4. The van der Waals surface area contributed by atoms with Crippen LogP contribution in [0, 0.1) is 0 Å². The highest BCUT2D eigenvalue weighted by atomic mass is 32.1. The quantitative estimate of drug-likeness (QED) is 0.897. The maximum absolute atomic E-state index is 11.9. The first kappa shape index (κ1) is 17.1. The van der Waals surface area contributed by atoms with Gasteiger partial charge in [0.15, 0.2) is 0 Å². The van der Waals surface area contributed by atoms with Gasteiger partial charge in [-0.25, -0.2) is 4.98 Å². The summed E-state index contributed by atoms with van der Waals surface area (Å²) in [7, 11) is 0. The molecule has 1 aliphatic heterocycles. The Morgan fingerprint density at radius 1 is 1.29 bits per heavy atom. The van der Waals surface area contributed by atoms with Crippen LogP contribution in [0.25, 0.3) is 0 Å². The van der Waals surface area contributed by atoms with Crippen LogP contribution in [0.1, 0.15) is 49.9 Å². The van der Waals surface area contributed by atoms with Gasteiger partial charge < -0.3 is 10.2 Å². The van der Waals surface area contributed by atoms with Crippen LogP contribution in [0.3, 0.4) is 0 Å². The first-order chi connectivity index (χ1) is 11.4. The van der Waals surface area contributed by atoms with Crippen molar-refractivity contribution in [3.63, 3.8) is 0 Å². The van der Waals surface area contributed by atoms with Gasteiger partial charge in [-0.05, 0) is 24.1 Å². The lowest BCUT2D eigenvalue weighted by atomic mass is 9.98. The lowest BCUT2D eigenvalue weighted by Gasteiger charge is -2.16. The molecule has 1 aromatic heterocycles. The van der Waals surface area contributed by atoms with Crippen LogP contribution in [0.5, 0.6) is 0 Å². The van der Waals surface area contributed by atoms with Crippen molar-refractivity contribution in [2.24, 2.45) is 0 Å². The number of rotatable bonds is 5. The average molecular weight is 343 g/mol. The molecule has 1 aromatic carbocycles. The molecule has 0 unspecified atom stereocenters. The Kier molecular flexibility index (Phi) is 5.01. The van der Waals surface area contributed by atoms with E-state index in [1.54, 1.807) is 11.3 Å². The predicted octanol–water partition coefficient (Wildman–Crippen LogP) is 3.86. The smallest absolute Gasteiger partial charge is 0.227 e. The fraction of sp³-hybridized carbons (Fsp3) is 0.474. The number of benzene rings is 1. The molecule has 1 aliphatic rings. The summed E-state index contributed by atoms with van der Waals surface area (Å²) in [6.07, 6.45) is 1.63. The van der Waals surface area contributed by atoms with E-state index < -0.39 is 0 Å². The summed E-state index contributed by atoms with van der Waals surface area (Å²) < 4.78 is 0. The van der Waals surface area contributed by atoms with Gasteiger partial charge in [0.05, 0.1) is 10.7 Å². The molecule has 5 heteroatoms. The van der Waals surface area contributed by atoms with Gasteiger partial charge in [-0.15, -0.1) is 11.3 Å². The van der Waals surface area contributed by atoms with Crippen LogP contribution < -0.4 is 10.2 Å². The number of hydrogen-bond donors (Lipinski definition) is 1. The first-order valence-electron chi connectivity index (χ1n) is 8.48.